The van der Waals surface area contributed by atoms with Gasteiger partial charge in [0.2, 0.25) is 0 Å². The standard InChI is InChI=1S/C15H13N3O/c16-13-6-7-14(19)18(10-13)9-12-4-1-3-11-5-2-8-17-15(11)12/h1-8,10H,9,16H2. The zero-order valence-electron chi connectivity index (χ0n) is 10.3. The number of pyridine rings is 2. The predicted octanol–water partition coefficient (Wildman–Crippen LogP) is 2.03. The number of benzene rings is 1. The van der Waals surface area contributed by atoms with Crippen molar-refractivity contribution in [1.82, 2.24) is 9.55 Å². The molecule has 2 N–H and O–H groups in total. The van der Waals surface area contributed by atoms with E-state index in [1.165, 1.54) is 6.07 Å². The number of nitrogen functional groups attached to an aromatic ring is 1. The summed E-state index contributed by atoms with van der Waals surface area (Å²) >= 11 is 0. The molecule has 4 nitrogen and oxygen atoms in total. The van der Waals surface area contributed by atoms with Gasteiger partial charge < -0.3 is 10.3 Å². The lowest BCUT2D eigenvalue weighted by molar-refractivity contribution is 0.764. The largest absolute Gasteiger partial charge is 0.398 e. The molecule has 0 atom stereocenters. The topological polar surface area (TPSA) is 60.9 Å². The van der Waals surface area contributed by atoms with Crippen LogP contribution < -0.4 is 11.3 Å². The highest BCUT2D eigenvalue weighted by molar-refractivity contribution is 5.81. The predicted molar refractivity (Wildman–Crippen MR) is 76.0 cm³/mol. The van der Waals surface area contributed by atoms with Crippen LogP contribution in [0.15, 0.2) is 59.7 Å². The Kier molecular flexibility index (Phi) is 2.76. The van der Waals surface area contributed by atoms with Crippen LogP contribution in [0.25, 0.3) is 10.9 Å². The van der Waals surface area contributed by atoms with E-state index in [0.29, 0.717) is 12.2 Å². The molecule has 0 unspecified atom stereocenters. The molecule has 0 aliphatic rings. The first-order chi connectivity index (χ1) is 9.24. The number of hydrogen-bond acceptors (Lipinski definition) is 3. The van der Waals surface area contributed by atoms with E-state index >= 15 is 0 Å². The quantitative estimate of drug-likeness (QED) is 0.758. The van der Waals surface area contributed by atoms with Crippen molar-refractivity contribution in [3.63, 3.8) is 0 Å². The minimum Gasteiger partial charge on any atom is -0.398 e. The fourth-order valence-corrected chi connectivity index (χ4v) is 2.15. The maximum absolute atomic E-state index is 11.8. The maximum Gasteiger partial charge on any atom is 0.250 e. The molecule has 0 aliphatic carbocycles. The van der Waals surface area contributed by atoms with Gasteiger partial charge in [-0.2, -0.15) is 0 Å². The zero-order valence-corrected chi connectivity index (χ0v) is 10.3. The second-order valence-corrected chi connectivity index (χ2v) is 4.42. The van der Waals surface area contributed by atoms with Crippen LogP contribution in [0.2, 0.25) is 0 Å². The smallest absolute Gasteiger partial charge is 0.250 e. The fraction of sp³-hybridized carbons (Fsp3) is 0.0667. The van der Waals surface area contributed by atoms with E-state index < -0.39 is 0 Å². The highest BCUT2D eigenvalue weighted by Crippen LogP contribution is 2.16. The molecule has 2 aromatic heterocycles. The van der Waals surface area contributed by atoms with Crippen molar-refractivity contribution in [2.75, 3.05) is 5.73 Å². The van der Waals surface area contributed by atoms with Gasteiger partial charge in [0.15, 0.2) is 0 Å². The number of para-hydroxylation sites is 1. The van der Waals surface area contributed by atoms with Crippen LogP contribution in [-0.4, -0.2) is 9.55 Å². The number of fused-ring (bicyclic) bond motifs is 1. The number of aromatic nitrogens is 2. The van der Waals surface area contributed by atoms with Crippen molar-refractivity contribution in [2.45, 2.75) is 6.54 Å². The van der Waals surface area contributed by atoms with Crippen LogP contribution in [0.5, 0.6) is 0 Å². The van der Waals surface area contributed by atoms with Gasteiger partial charge in [-0.05, 0) is 17.7 Å². The van der Waals surface area contributed by atoms with Gasteiger partial charge in [-0.25, -0.2) is 0 Å². The lowest BCUT2D eigenvalue weighted by Crippen LogP contribution is -2.19. The summed E-state index contributed by atoms with van der Waals surface area (Å²) in [5.41, 5.74) is 8.15. The number of hydrogen-bond donors (Lipinski definition) is 1. The summed E-state index contributed by atoms with van der Waals surface area (Å²) in [4.78, 5) is 16.2. The molecule has 0 saturated heterocycles. The molecule has 0 radical (unpaired) electrons. The minimum absolute atomic E-state index is 0.0675. The molecule has 19 heavy (non-hydrogen) atoms. The molecule has 0 amide bonds. The summed E-state index contributed by atoms with van der Waals surface area (Å²) in [5.74, 6) is 0. The number of nitrogens with two attached hydrogens (primary N) is 1. The van der Waals surface area contributed by atoms with E-state index in [9.17, 15) is 4.79 Å². The lowest BCUT2D eigenvalue weighted by Gasteiger charge is -2.08. The normalized spacial score (nSPS) is 10.7. The number of nitrogens with zero attached hydrogens (tertiary/aromatic N) is 2. The molecule has 4 heteroatoms. The summed E-state index contributed by atoms with van der Waals surface area (Å²) in [6, 6.07) is 13.0. The van der Waals surface area contributed by atoms with Gasteiger partial charge in [0.25, 0.3) is 5.56 Å². The van der Waals surface area contributed by atoms with Crippen LogP contribution in [0.1, 0.15) is 5.56 Å². The third kappa shape index (κ3) is 2.20. The molecular formula is C15H13N3O. The van der Waals surface area contributed by atoms with E-state index in [1.807, 2.05) is 30.3 Å². The van der Waals surface area contributed by atoms with Gasteiger partial charge in [0.05, 0.1) is 12.1 Å². The van der Waals surface area contributed by atoms with Crippen LogP contribution >= 0.6 is 0 Å². The Morgan fingerprint density at radius 1 is 1.11 bits per heavy atom. The summed E-state index contributed by atoms with van der Waals surface area (Å²) in [6.07, 6.45) is 3.41. The van der Waals surface area contributed by atoms with Gasteiger partial charge >= 0.3 is 0 Å². The SMILES string of the molecule is Nc1ccc(=O)n(Cc2cccc3cccnc23)c1. The van der Waals surface area contributed by atoms with Gasteiger partial charge in [0, 0.05) is 29.5 Å². The average Bonchev–Trinajstić information content (AvgIpc) is 2.43. The van der Waals surface area contributed by atoms with E-state index in [1.54, 1.807) is 23.0 Å². The molecule has 1 aromatic carbocycles. The second-order valence-electron chi connectivity index (χ2n) is 4.42. The van der Waals surface area contributed by atoms with Crippen LogP contribution in [0.3, 0.4) is 0 Å². The third-order valence-corrected chi connectivity index (χ3v) is 3.06. The van der Waals surface area contributed by atoms with Gasteiger partial charge in [-0.1, -0.05) is 24.3 Å². The zero-order chi connectivity index (χ0) is 13.2. The first-order valence-corrected chi connectivity index (χ1v) is 6.02. The molecule has 0 fully saturated rings. The molecule has 3 aromatic rings. The highest BCUT2D eigenvalue weighted by Gasteiger charge is 2.04. The fourth-order valence-electron chi connectivity index (χ4n) is 2.15. The van der Waals surface area contributed by atoms with Gasteiger partial charge in [-0.3, -0.25) is 9.78 Å². The van der Waals surface area contributed by atoms with Crippen molar-refractivity contribution in [3.8, 4) is 0 Å². The first-order valence-electron chi connectivity index (χ1n) is 6.02. The number of anilines is 1. The third-order valence-electron chi connectivity index (χ3n) is 3.06. The highest BCUT2D eigenvalue weighted by atomic mass is 16.1. The van der Waals surface area contributed by atoms with E-state index in [4.69, 9.17) is 5.73 Å². The van der Waals surface area contributed by atoms with Gasteiger partial charge in [-0.15, -0.1) is 0 Å². The summed E-state index contributed by atoms with van der Waals surface area (Å²) < 4.78 is 1.60. The Bertz CT molecular complexity index is 787. The molecule has 2 heterocycles. The Labute approximate surface area is 110 Å². The van der Waals surface area contributed by atoms with Crippen molar-refractivity contribution in [3.05, 3.63) is 70.8 Å². The molecule has 0 spiro atoms. The Balaban J connectivity index is 2.11. The summed E-state index contributed by atoms with van der Waals surface area (Å²) in [7, 11) is 0. The van der Waals surface area contributed by atoms with Gasteiger partial charge in [0.1, 0.15) is 0 Å². The molecular weight excluding hydrogens is 238 g/mol. The van der Waals surface area contributed by atoms with Crippen molar-refractivity contribution < 1.29 is 0 Å². The lowest BCUT2D eigenvalue weighted by atomic mass is 10.1. The molecule has 0 saturated carbocycles. The Hall–Kier alpha value is -2.62. The van der Waals surface area contributed by atoms with Crippen LogP contribution in [0, 0.1) is 0 Å². The second kappa shape index (κ2) is 4.57. The maximum atomic E-state index is 11.8. The van der Waals surface area contributed by atoms with Crippen molar-refractivity contribution in [2.24, 2.45) is 0 Å². The molecule has 3 rings (SSSR count). The van der Waals surface area contributed by atoms with Crippen molar-refractivity contribution >= 4 is 16.6 Å². The summed E-state index contributed by atoms with van der Waals surface area (Å²) in [6.45, 7) is 0.470. The van der Waals surface area contributed by atoms with Crippen LogP contribution in [-0.2, 0) is 6.54 Å². The Morgan fingerprint density at radius 2 is 1.95 bits per heavy atom. The average molecular weight is 251 g/mol. The van der Waals surface area contributed by atoms with Crippen molar-refractivity contribution in [1.29, 1.82) is 0 Å². The van der Waals surface area contributed by atoms with E-state index in [-0.39, 0.29) is 5.56 Å². The Morgan fingerprint density at radius 3 is 2.84 bits per heavy atom. The monoisotopic (exact) mass is 251 g/mol. The summed E-state index contributed by atoms with van der Waals surface area (Å²) in [5, 5.41) is 1.07. The number of rotatable bonds is 2. The molecule has 0 aliphatic heterocycles. The first kappa shape index (κ1) is 11.5. The van der Waals surface area contributed by atoms with E-state index in [0.717, 1.165) is 16.5 Å². The van der Waals surface area contributed by atoms with E-state index in [2.05, 4.69) is 4.98 Å². The minimum atomic E-state index is -0.0675. The molecule has 94 valence electrons. The van der Waals surface area contributed by atoms with Crippen LogP contribution in [0.4, 0.5) is 5.69 Å². The molecule has 0 bridgehead atoms.